The molecule has 1 aliphatic heterocycles. The molecule has 154 valence electrons. The molecule has 0 fully saturated rings. The highest BCUT2D eigenvalue weighted by Gasteiger charge is 2.39. The van der Waals surface area contributed by atoms with Gasteiger partial charge in [0.05, 0.1) is 38.8 Å². The molecule has 0 N–H and O–H groups in total. The Morgan fingerprint density at radius 2 is 1.77 bits per heavy atom. The highest BCUT2D eigenvalue weighted by atomic mass is 32.1. The van der Waals surface area contributed by atoms with Gasteiger partial charge in [-0.25, -0.2) is 14.5 Å². The number of carbonyl (C=O) groups excluding carboxylic acids is 3. The first-order valence-corrected chi connectivity index (χ1v) is 10.5. The summed E-state index contributed by atoms with van der Waals surface area (Å²) >= 11 is 1.48. The van der Waals surface area contributed by atoms with E-state index in [1.807, 2.05) is 31.4 Å². The number of pyridine rings is 1. The molecule has 9 heteroatoms. The molecule has 4 aromatic rings. The van der Waals surface area contributed by atoms with Gasteiger partial charge >= 0.3 is 5.97 Å². The van der Waals surface area contributed by atoms with Crippen molar-refractivity contribution in [3.8, 4) is 10.6 Å². The topological polar surface area (TPSA) is 94.4 Å². The van der Waals surface area contributed by atoms with E-state index in [-0.39, 0.29) is 22.7 Å². The van der Waals surface area contributed by atoms with Crippen LogP contribution in [0.1, 0.15) is 51.0 Å². The second kappa shape index (κ2) is 7.13. The van der Waals surface area contributed by atoms with Gasteiger partial charge in [0.25, 0.3) is 11.8 Å². The summed E-state index contributed by atoms with van der Waals surface area (Å²) in [7, 11) is 0. The second-order valence-corrected chi connectivity index (χ2v) is 8.23. The summed E-state index contributed by atoms with van der Waals surface area (Å²) in [4.78, 5) is 49.1. The Morgan fingerprint density at radius 3 is 2.39 bits per heavy atom. The lowest BCUT2D eigenvalue weighted by molar-refractivity contribution is -0.0583. The van der Waals surface area contributed by atoms with Gasteiger partial charge in [0.2, 0.25) is 0 Å². The zero-order valence-electron chi connectivity index (χ0n) is 16.6. The molecule has 0 bridgehead atoms. The Morgan fingerprint density at radius 1 is 1.06 bits per heavy atom. The molecule has 2 amide bonds. The van der Waals surface area contributed by atoms with E-state index in [1.165, 1.54) is 23.5 Å². The summed E-state index contributed by atoms with van der Waals surface area (Å²) < 4.78 is 1.71. The SMILES string of the molecule is CC(C)n1ncc2c(C(=O)ON3C(=O)c4ccccc4C3=O)cc(-c3cccs3)nc21. The number of fused-ring (bicyclic) bond motifs is 2. The van der Waals surface area contributed by atoms with Gasteiger partial charge < -0.3 is 4.84 Å². The quantitative estimate of drug-likeness (QED) is 0.451. The van der Waals surface area contributed by atoms with E-state index in [0.29, 0.717) is 21.8 Å². The van der Waals surface area contributed by atoms with Crippen LogP contribution in [0, 0.1) is 0 Å². The van der Waals surface area contributed by atoms with Crippen molar-refractivity contribution < 1.29 is 19.2 Å². The Hall–Kier alpha value is -3.85. The highest BCUT2D eigenvalue weighted by molar-refractivity contribution is 7.13. The summed E-state index contributed by atoms with van der Waals surface area (Å²) in [6, 6.07) is 11.7. The number of thiophene rings is 1. The maximum atomic E-state index is 13.1. The minimum absolute atomic E-state index is 0.0173. The molecule has 0 unspecified atom stereocenters. The van der Waals surface area contributed by atoms with E-state index >= 15 is 0 Å². The first-order valence-electron chi connectivity index (χ1n) is 9.58. The normalized spacial score (nSPS) is 13.3. The smallest absolute Gasteiger partial charge is 0.324 e. The van der Waals surface area contributed by atoms with E-state index in [9.17, 15) is 14.4 Å². The number of imide groups is 1. The first kappa shape index (κ1) is 19.1. The number of rotatable bonds is 4. The molecule has 5 rings (SSSR count). The third kappa shape index (κ3) is 3.01. The molecule has 0 atom stereocenters. The maximum absolute atomic E-state index is 13.1. The van der Waals surface area contributed by atoms with Gasteiger partial charge in [0, 0.05) is 6.04 Å². The fraction of sp³-hybridized carbons (Fsp3) is 0.136. The molecule has 1 aromatic carbocycles. The number of hydrogen-bond acceptors (Lipinski definition) is 7. The van der Waals surface area contributed by atoms with Gasteiger partial charge in [-0.15, -0.1) is 11.3 Å². The Balaban J connectivity index is 1.58. The largest absolute Gasteiger partial charge is 0.364 e. The average Bonchev–Trinajstić information content (AvgIpc) is 3.49. The molecule has 0 aliphatic carbocycles. The molecule has 3 aromatic heterocycles. The lowest BCUT2D eigenvalue weighted by atomic mass is 10.1. The highest BCUT2D eigenvalue weighted by Crippen LogP contribution is 2.30. The van der Waals surface area contributed by atoms with Crippen molar-refractivity contribution in [1.82, 2.24) is 19.8 Å². The molecule has 0 radical (unpaired) electrons. The van der Waals surface area contributed by atoms with Crippen LogP contribution in [0.5, 0.6) is 0 Å². The van der Waals surface area contributed by atoms with E-state index in [4.69, 9.17) is 9.82 Å². The number of nitrogens with zero attached hydrogens (tertiary/aromatic N) is 4. The van der Waals surface area contributed by atoms with Crippen LogP contribution in [-0.2, 0) is 4.84 Å². The molecular weight excluding hydrogens is 416 g/mol. The summed E-state index contributed by atoms with van der Waals surface area (Å²) in [5.41, 5.74) is 1.69. The van der Waals surface area contributed by atoms with Crippen molar-refractivity contribution in [3.05, 3.63) is 70.7 Å². The lowest BCUT2D eigenvalue weighted by Crippen LogP contribution is -2.32. The zero-order valence-corrected chi connectivity index (χ0v) is 17.4. The van der Waals surface area contributed by atoms with Crippen molar-refractivity contribution in [1.29, 1.82) is 0 Å². The fourth-order valence-electron chi connectivity index (χ4n) is 3.50. The van der Waals surface area contributed by atoms with Crippen LogP contribution in [0.3, 0.4) is 0 Å². The third-order valence-corrected chi connectivity index (χ3v) is 5.87. The van der Waals surface area contributed by atoms with Crippen LogP contribution < -0.4 is 0 Å². The molecule has 0 saturated heterocycles. The van der Waals surface area contributed by atoms with Crippen molar-refractivity contribution in [2.75, 3.05) is 0 Å². The Bertz CT molecular complexity index is 1320. The standard InChI is InChI=1S/C22H16N4O4S/c1-12(2)25-19-16(11-23-25)15(10-17(24-19)18-8-5-9-31-18)22(29)30-26-20(27)13-6-3-4-7-14(13)21(26)28/h3-12H,1-2H3. The number of benzene rings is 1. The number of hydroxylamine groups is 2. The van der Waals surface area contributed by atoms with E-state index in [0.717, 1.165) is 4.88 Å². The van der Waals surface area contributed by atoms with Crippen molar-refractivity contribution >= 4 is 40.2 Å². The molecule has 4 heterocycles. The Labute approximate surface area is 180 Å². The van der Waals surface area contributed by atoms with Gasteiger partial charge in [-0.1, -0.05) is 23.3 Å². The van der Waals surface area contributed by atoms with Crippen molar-refractivity contribution in [2.24, 2.45) is 0 Å². The second-order valence-electron chi connectivity index (χ2n) is 7.28. The van der Waals surface area contributed by atoms with Gasteiger partial charge in [0.15, 0.2) is 5.65 Å². The lowest BCUT2D eigenvalue weighted by Gasteiger charge is -2.14. The van der Waals surface area contributed by atoms with Gasteiger partial charge in [-0.2, -0.15) is 5.10 Å². The van der Waals surface area contributed by atoms with Gasteiger partial charge in [-0.3, -0.25) is 9.59 Å². The summed E-state index contributed by atoms with van der Waals surface area (Å²) in [5, 5.41) is 7.26. The van der Waals surface area contributed by atoms with Crippen LogP contribution in [0.25, 0.3) is 21.6 Å². The number of carbonyl (C=O) groups is 3. The predicted molar refractivity (Wildman–Crippen MR) is 114 cm³/mol. The zero-order chi connectivity index (χ0) is 21.7. The average molecular weight is 432 g/mol. The molecule has 8 nitrogen and oxygen atoms in total. The van der Waals surface area contributed by atoms with E-state index < -0.39 is 17.8 Å². The van der Waals surface area contributed by atoms with Crippen LogP contribution >= 0.6 is 11.3 Å². The van der Waals surface area contributed by atoms with Crippen LogP contribution in [0.4, 0.5) is 0 Å². The van der Waals surface area contributed by atoms with Crippen LogP contribution in [-0.4, -0.2) is 37.6 Å². The summed E-state index contributed by atoms with van der Waals surface area (Å²) in [6.07, 6.45) is 1.54. The maximum Gasteiger partial charge on any atom is 0.364 e. The van der Waals surface area contributed by atoms with E-state index in [2.05, 4.69) is 5.10 Å². The fourth-order valence-corrected chi connectivity index (χ4v) is 4.18. The third-order valence-electron chi connectivity index (χ3n) is 4.98. The number of aromatic nitrogens is 3. The minimum Gasteiger partial charge on any atom is -0.324 e. The summed E-state index contributed by atoms with van der Waals surface area (Å²) in [5.74, 6) is -2.17. The van der Waals surface area contributed by atoms with Crippen molar-refractivity contribution in [3.63, 3.8) is 0 Å². The van der Waals surface area contributed by atoms with Crippen LogP contribution in [0.2, 0.25) is 0 Å². The Kier molecular flexibility index (Phi) is 4.40. The molecule has 0 saturated carbocycles. The number of amides is 2. The monoisotopic (exact) mass is 432 g/mol. The van der Waals surface area contributed by atoms with Crippen LogP contribution in [0.15, 0.2) is 54.0 Å². The minimum atomic E-state index is -0.831. The van der Waals surface area contributed by atoms with Crippen molar-refractivity contribution in [2.45, 2.75) is 19.9 Å². The molecule has 1 aliphatic rings. The first-order chi connectivity index (χ1) is 15.0. The summed E-state index contributed by atoms with van der Waals surface area (Å²) in [6.45, 7) is 3.92. The molecule has 0 spiro atoms. The van der Waals surface area contributed by atoms with Gasteiger partial charge in [-0.05, 0) is 43.5 Å². The molecule has 31 heavy (non-hydrogen) atoms. The van der Waals surface area contributed by atoms with E-state index in [1.54, 1.807) is 29.1 Å². The van der Waals surface area contributed by atoms with Gasteiger partial charge in [0.1, 0.15) is 0 Å². The number of hydrogen-bond donors (Lipinski definition) is 0. The molecular formula is C22H16N4O4S. The predicted octanol–water partition coefficient (Wildman–Crippen LogP) is 4.11.